The molecule has 0 bridgehead atoms. The van der Waals surface area contributed by atoms with Gasteiger partial charge in [-0.25, -0.2) is 26.3 Å². The molecule has 12 nitrogen and oxygen atoms in total. The van der Waals surface area contributed by atoms with Crippen molar-refractivity contribution in [3.8, 4) is 70.6 Å². The smallest absolute Gasteiger partial charge is 0.331 e. The number of ether oxygens (including phenoxy) is 6. The summed E-state index contributed by atoms with van der Waals surface area (Å²) in [6.07, 6.45) is 0. The average Bonchev–Trinajstić information content (AvgIpc) is 3.37. The number of aromatic nitrogens is 6. The fraction of sp³-hybridized carbons (Fsp3) is 0. The van der Waals surface area contributed by atoms with Gasteiger partial charge in [0.2, 0.25) is 34.9 Å². The molecule has 9 rings (SSSR count). The first kappa shape index (κ1) is 55.1. The van der Waals surface area contributed by atoms with Gasteiger partial charge >= 0.3 is 36.1 Å². The summed E-state index contributed by atoms with van der Waals surface area (Å²) in [5, 5.41) is 0. The zero-order valence-corrected chi connectivity index (χ0v) is 48.5. The minimum absolute atomic E-state index is 0.0761. The SMILES string of the molecule is Fc1c(F)c(F)c(F)c(F)c1F.Ic1ccc(Oc2nc(Oc3ccc(I)cc3)nc(Oc3ccc(I)cc3)n2)cc1.Ic1ccc(Oc2nc(Oc3ccc(I)cc3)nc(Oc3ccc(I)cc3)n2)cc1. The predicted octanol–water partition coefficient (Wildman–Crippen LogP) is 16.6. The van der Waals surface area contributed by atoms with E-state index in [1.165, 1.54) is 0 Å². The zero-order chi connectivity index (χ0) is 51.3. The molecule has 0 aliphatic carbocycles. The number of rotatable bonds is 12. The van der Waals surface area contributed by atoms with Crippen molar-refractivity contribution in [2.75, 3.05) is 0 Å². The molecule has 9 aromatic rings. The monoisotopic (exact) mass is 1660 g/mol. The van der Waals surface area contributed by atoms with Crippen LogP contribution in [0.25, 0.3) is 0 Å². The first-order valence-electron chi connectivity index (χ1n) is 19.8. The number of nitrogens with zero attached hydrogens (tertiary/aromatic N) is 6. The van der Waals surface area contributed by atoms with E-state index in [2.05, 4.69) is 165 Å². The Morgan fingerprint density at radius 3 is 0.431 bits per heavy atom. The van der Waals surface area contributed by atoms with Crippen LogP contribution in [0.15, 0.2) is 146 Å². The molecule has 24 heteroatoms. The Balaban J connectivity index is 0.000000173. The fourth-order valence-electron chi connectivity index (χ4n) is 5.14. The maximum absolute atomic E-state index is 12.0. The quantitative estimate of drug-likeness (QED) is 0.0499. The maximum Gasteiger partial charge on any atom is 0.331 e. The molecule has 0 amide bonds. The fourth-order valence-corrected chi connectivity index (χ4v) is 7.30. The molecule has 0 aliphatic heterocycles. The molecule has 0 fully saturated rings. The molecular weight excluding hydrogens is 1630 g/mol. The van der Waals surface area contributed by atoms with Crippen molar-refractivity contribution < 1.29 is 54.8 Å². The van der Waals surface area contributed by atoms with E-state index in [-0.39, 0.29) is 36.1 Å². The van der Waals surface area contributed by atoms with Gasteiger partial charge in [-0.1, -0.05) is 0 Å². The van der Waals surface area contributed by atoms with Gasteiger partial charge in [-0.05, 0) is 281 Å². The van der Waals surface area contributed by atoms with Gasteiger partial charge in [0.05, 0.1) is 0 Å². The van der Waals surface area contributed by atoms with Crippen LogP contribution in [0.5, 0.6) is 70.6 Å². The number of hydrogen-bond donors (Lipinski definition) is 0. The van der Waals surface area contributed by atoms with Crippen molar-refractivity contribution in [2.24, 2.45) is 0 Å². The summed E-state index contributed by atoms with van der Waals surface area (Å²) in [5.41, 5.74) is 0. The van der Waals surface area contributed by atoms with E-state index >= 15 is 0 Å². The molecule has 0 unspecified atom stereocenters. The largest absolute Gasteiger partial charge is 0.424 e. The topological polar surface area (TPSA) is 133 Å². The maximum atomic E-state index is 12.0. The highest BCUT2D eigenvalue weighted by Crippen LogP contribution is 2.30. The summed E-state index contributed by atoms with van der Waals surface area (Å²) >= 11 is 13.4. The van der Waals surface area contributed by atoms with E-state index in [1.54, 1.807) is 0 Å². The lowest BCUT2D eigenvalue weighted by atomic mass is 10.3. The van der Waals surface area contributed by atoms with Crippen molar-refractivity contribution in [3.63, 3.8) is 0 Å². The van der Waals surface area contributed by atoms with Gasteiger partial charge in [-0.3, -0.25) is 0 Å². The van der Waals surface area contributed by atoms with E-state index in [1.807, 2.05) is 146 Å². The zero-order valence-electron chi connectivity index (χ0n) is 35.5. The van der Waals surface area contributed by atoms with E-state index in [4.69, 9.17) is 28.4 Å². The highest BCUT2D eigenvalue weighted by molar-refractivity contribution is 14.1. The molecule has 2 heterocycles. The van der Waals surface area contributed by atoms with Gasteiger partial charge in [0.15, 0.2) is 0 Å². The second-order valence-corrected chi connectivity index (χ2v) is 21.1. The van der Waals surface area contributed by atoms with Gasteiger partial charge in [0.1, 0.15) is 34.5 Å². The van der Waals surface area contributed by atoms with Crippen LogP contribution < -0.4 is 28.4 Å². The highest BCUT2D eigenvalue weighted by atomic mass is 127. The Hall–Kier alpha value is -4.68. The van der Waals surface area contributed by atoms with Crippen LogP contribution in [0.4, 0.5) is 26.3 Å². The normalized spacial score (nSPS) is 10.5. The molecule has 366 valence electrons. The van der Waals surface area contributed by atoms with Crippen molar-refractivity contribution in [1.82, 2.24) is 29.9 Å². The van der Waals surface area contributed by atoms with Gasteiger partial charge in [0.25, 0.3) is 0 Å². The van der Waals surface area contributed by atoms with E-state index in [0.717, 1.165) is 21.4 Å². The Morgan fingerprint density at radius 2 is 0.319 bits per heavy atom. The second kappa shape index (κ2) is 26.5. The van der Waals surface area contributed by atoms with Gasteiger partial charge < -0.3 is 28.4 Å². The van der Waals surface area contributed by atoms with Gasteiger partial charge in [-0.15, -0.1) is 29.9 Å². The molecule has 0 radical (unpaired) electrons. The summed E-state index contributed by atoms with van der Waals surface area (Å²) in [6.45, 7) is 0. The third-order valence-corrected chi connectivity index (χ3v) is 12.8. The van der Waals surface area contributed by atoms with Crippen molar-refractivity contribution in [3.05, 3.63) is 202 Å². The second-order valence-electron chi connectivity index (χ2n) is 13.6. The van der Waals surface area contributed by atoms with E-state index in [0.29, 0.717) is 34.5 Å². The molecule has 0 saturated carbocycles. The van der Waals surface area contributed by atoms with Crippen LogP contribution >= 0.6 is 136 Å². The van der Waals surface area contributed by atoms with Crippen LogP contribution in [0.1, 0.15) is 0 Å². The Morgan fingerprint density at radius 1 is 0.208 bits per heavy atom. The van der Waals surface area contributed by atoms with Crippen molar-refractivity contribution in [1.29, 1.82) is 0 Å². The van der Waals surface area contributed by atoms with Gasteiger partial charge in [-0.2, -0.15) is 0 Å². The van der Waals surface area contributed by atoms with Crippen LogP contribution in [-0.4, -0.2) is 29.9 Å². The predicted molar refractivity (Wildman–Crippen MR) is 301 cm³/mol. The van der Waals surface area contributed by atoms with E-state index in [9.17, 15) is 26.3 Å². The molecule has 2 aromatic heterocycles. The summed E-state index contributed by atoms with van der Waals surface area (Å²) in [6, 6.07) is 45.7. The number of hydrogen-bond acceptors (Lipinski definition) is 12. The van der Waals surface area contributed by atoms with Crippen molar-refractivity contribution >= 4 is 136 Å². The molecule has 0 atom stereocenters. The third kappa shape index (κ3) is 16.7. The summed E-state index contributed by atoms with van der Waals surface area (Å²) < 4.78 is 114. The average molecular weight is 1660 g/mol. The number of benzene rings is 7. The lowest BCUT2D eigenvalue weighted by Gasteiger charge is -2.10. The lowest BCUT2D eigenvalue weighted by Crippen LogP contribution is -2.04. The Bertz CT molecular complexity index is 2670. The summed E-state index contributed by atoms with van der Waals surface area (Å²) in [4.78, 5) is 25.6. The molecule has 0 saturated heterocycles. The lowest BCUT2D eigenvalue weighted by molar-refractivity contribution is 0.334. The van der Waals surface area contributed by atoms with Crippen LogP contribution in [0.2, 0.25) is 0 Å². The Labute approximate surface area is 486 Å². The first-order chi connectivity index (χ1) is 34.5. The minimum Gasteiger partial charge on any atom is -0.424 e. The minimum atomic E-state index is -2.37. The first-order valence-corrected chi connectivity index (χ1v) is 26.3. The van der Waals surface area contributed by atoms with Crippen LogP contribution in [0, 0.1) is 56.3 Å². The molecule has 72 heavy (non-hydrogen) atoms. The van der Waals surface area contributed by atoms with Crippen molar-refractivity contribution in [2.45, 2.75) is 0 Å². The highest BCUT2D eigenvalue weighted by Gasteiger charge is 2.25. The molecule has 0 aliphatic rings. The molecule has 7 aromatic carbocycles. The summed E-state index contributed by atoms with van der Waals surface area (Å²) in [5.74, 6) is -10.6. The standard InChI is InChI=1S/2C21H12I3N3O3.C6F6/c2*22-13-1-7-16(8-2-13)28-19-25-20(29-17-9-3-14(23)4-10-17)27-21(26-19)30-18-11-5-15(24)6-12-18;7-1-2(8)4(10)6(12)5(11)3(1)9/h2*1-12H;. The van der Waals surface area contributed by atoms with Crippen LogP contribution in [-0.2, 0) is 0 Å². The van der Waals surface area contributed by atoms with Gasteiger partial charge in [0, 0.05) is 21.4 Å². The molecular formula is C48H24F6I6N6O6. The molecule has 0 spiro atoms. The molecule has 0 N–H and O–H groups in total. The third-order valence-electron chi connectivity index (χ3n) is 8.44. The summed E-state index contributed by atoms with van der Waals surface area (Å²) in [7, 11) is 0. The number of halogens is 12. The Kier molecular flexibility index (Phi) is 20.3. The van der Waals surface area contributed by atoms with Crippen LogP contribution in [0.3, 0.4) is 0 Å². The van der Waals surface area contributed by atoms with E-state index < -0.39 is 34.9 Å².